The summed E-state index contributed by atoms with van der Waals surface area (Å²) < 4.78 is 6.50. The van der Waals surface area contributed by atoms with Gasteiger partial charge in [-0.2, -0.15) is 5.10 Å². The first-order chi connectivity index (χ1) is 26.8. The van der Waals surface area contributed by atoms with Crippen LogP contribution in [0.4, 0.5) is 5.69 Å². The lowest BCUT2D eigenvalue weighted by Crippen LogP contribution is -2.27. The van der Waals surface area contributed by atoms with Gasteiger partial charge in [0.25, 0.3) is 0 Å². The maximum Gasteiger partial charge on any atom is 0.166 e. The molecular formula is C46H54Cl2N6O2. The smallest absolute Gasteiger partial charge is 0.166 e. The van der Waals surface area contributed by atoms with Crippen LogP contribution in [0.15, 0.2) is 48.7 Å². The summed E-state index contributed by atoms with van der Waals surface area (Å²) in [7, 11) is 6.26. The summed E-state index contributed by atoms with van der Waals surface area (Å²) in [6.07, 6.45) is 8.99. The van der Waals surface area contributed by atoms with Gasteiger partial charge in [0.05, 0.1) is 33.1 Å². The van der Waals surface area contributed by atoms with Crippen molar-refractivity contribution in [1.82, 2.24) is 23.8 Å². The predicted octanol–water partition coefficient (Wildman–Crippen LogP) is 10.4. The number of hydrogen-bond donors (Lipinski definition) is 0. The van der Waals surface area contributed by atoms with Crippen LogP contribution in [0.3, 0.4) is 0 Å². The van der Waals surface area contributed by atoms with Crippen LogP contribution in [0.5, 0.6) is 0 Å². The summed E-state index contributed by atoms with van der Waals surface area (Å²) in [4.78, 5) is 30.0. The molecule has 0 bridgehead atoms. The Morgan fingerprint density at radius 3 is 2.30 bits per heavy atom. The van der Waals surface area contributed by atoms with Gasteiger partial charge in [-0.25, -0.2) is 0 Å². The zero-order chi connectivity index (χ0) is 40.0. The molecule has 10 heteroatoms. The molecule has 1 aliphatic heterocycles. The Hall–Kier alpha value is -4.37. The lowest BCUT2D eigenvalue weighted by molar-refractivity contribution is 0.110. The summed E-state index contributed by atoms with van der Waals surface area (Å²) in [6, 6.07) is 14.3. The van der Waals surface area contributed by atoms with Crippen LogP contribution >= 0.6 is 23.2 Å². The number of carbonyl (C=O) groups is 2. The Balaban J connectivity index is 1.29. The number of benzene rings is 3. The maximum atomic E-state index is 13.4. The standard InChI is InChI=1S/C46H54Cl2N6O2/c1-28-19-33(20-29(2)45(28)48)11-9-10-12-36-37-14-15-39(47)44(43-31(4)49-52(8)32(43)5)46(37)54(42(36)27-56)30(3)22-51(7)41-25-53(24-35-17-18-50(6)23-35)40-16-13-34(26-55)21-38(40)41/h13-16,19-21,25-27,30,35H,9-12,17-18,22-24H2,1-8H3/t30-,35?/m1/s1. The molecule has 3 aromatic carbocycles. The normalized spacial score (nSPS) is 15.4. The molecule has 56 heavy (non-hydrogen) atoms. The van der Waals surface area contributed by atoms with E-state index in [1.54, 1.807) is 0 Å². The van der Waals surface area contributed by atoms with Crippen molar-refractivity contribution in [3.63, 3.8) is 0 Å². The molecule has 0 radical (unpaired) electrons. The number of aryl methyl sites for hydroxylation is 6. The molecule has 0 N–H and O–H groups in total. The number of aldehydes is 2. The maximum absolute atomic E-state index is 13.4. The lowest BCUT2D eigenvalue weighted by Gasteiger charge is -2.26. The van der Waals surface area contributed by atoms with Crippen LogP contribution in [0, 0.1) is 33.6 Å². The number of rotatable bonds is 14. The molecule has 2 atom stereocenters. The number of hydrogen-bond acceptors (Lipinski definition) is 5. The van der Waals surface area contributed by atoms with Crippen LogP contribution in [0.25, 0.3) is 32.9 Å². The second kappa shape index (κ2) is 16.2. The molecule has 1 aliphatic rings. The summed E-state index contributed by atoms with van der Waals surface area (Å²) in [6.45, 7) is 14.1. The fourth-order valence-corrected chi connectivity index (χ4v) is 9.71. The molecule has 6 aromatic rings. The van der Waals surface area contributed by atoms with Crippen LogP contribution in [0.1, 0.15) is 86.7 Å². The first-order valence-electron chi connectivity index (χ1n) is 19.9. The molecule has 0 amide bonds. The molecule has 0 spiro atoms. The van der Waals surface area contributed by atoms with Crippen molar-refractivity contribution in [2.45, 2.75) is 79.3 Å². The number of likely N-dealkylation sites (N-methyl/N-ethyl adjacent to an activating group) is 1. The third-order valence-corrected chi connectivity index (χ3v) is 13.0. The molecule has 8 nitrogen and oxygen atoms in total. The monoisotopic (exact) mass is 792 g/mol. The van der Waals surface area contributed by atoms with E-state index in [2.05, 4.69) is 91.2 Å². The van der Waals surface area contributed by atoms with Crippen molar-refractivity contribution in [3.05, 3.63) is 104 Å². The third-order valence-electron chi connectivity index (χ3n) is 12.1. The second-order valence-electron chi connectivity index (χ2n) is 16.3. The van der Waals surface area contributed by atoms with E-state index in [0.717, 1.165) is 130 Å². The lowest BCUT2D eigenvalue weighted by atomic mass is 9.97. The molecule has 3 aromatic heterocycles. The predicted molar refractivity (Wildman–Crippen MR) is 232 cm³/mol. The number of halogens is 2. The minimum atomic E-state index is -0.123. The van der Waals surface area contributed by atoms with E-state index in [1.807, 2.05) is 36.9 Å². The van der Waals surface area contributed by atoms with Gasteiger partial charge >= 0.3 is 0 Å². The highest BCUT2D eigenvalue weighted by Crippen LogP contribution is 2.43. The molecule has 1 saturated heterocycles. The van der Waals surface area contributed by atoms with E-state index in [-0.39, 0.29) is 6.04 Å². The number of unbranched alkanes of at least 4 members (excludes halogenated alkanes) is 1. The van der Waals surface area contributed by atoms with Crippen molar-refractivity contribution < 1.29 is 9.59 Å². The molecule has 4 heterocycles. The van der Waals surface area contributed by atoms with Gasteiger partial charge in [-0.1, -0.05) is 41.4 Å². The average molecular weight is 794 g/mol. The molecule has 0 saturated carbocycles. The molecule has 7 rings (SSSR count). The highest BCUT2D eigenvalue weighted by molar-refractivity contribution is 6.35. The number of likely N-dealkylation sites (tertiary alicyclic amines) is 1. The highest BCUT2D eigenvalue weighted by atomic mass is 35.5. The van der Waals surface area contributed by atoms with E-state index < -0.39 is 0 Å². The number of fused-ring (bicyclic) bond motifs is 2. The third kappa shape index (κ3) is 7.44. The Kier molecular flexibility index (Phi) is 11.6. The van der Waals surface area contributed by atoms with Gasteiger partial charge in [0.2, 0.25) is 0 Å². The van der Waals surface area contributed by atoms with Gasteiger partial charge in [0.15, 0.2) is 6.29 Å². The summed E-state index contributed by atoms with van der Waals surface area (Å²) >= 11 is 13.7. The molecular weight excluding hydrogens is 739 g/mol. The van der Waals surface area contributed by atoms with Crippen LogP contribution < -0.4 is 4.90 Å². The van der Waals surface area contributed by atoms with Gasteiger partial charge in [-0.15, -0.1) is 0 Å². The number of nitrogens with zero attached hydrogens (tertiary/aromatic N) is 6. The molecule has 0 aliphatic carbocycles. The van der Waals surface area contributed by atoms with Gasteiger partial charge < -0.3 is 18.9 Å². The first-order valence-corrected chi connectivity index (χ1v) is 20.6. The van der Waals surface area contributed by atoms with Crippen LogP contribution in [-0.2, 0) is 26.4 Å². The summed E-state index contributed by atoms with van der Waals surface area (Å²) in [5.74, 6) is 0.570. The van der Waals surface area contributed by atoms with Gasteiger partial charge in [0, 0.05) is 84.1 Å². The molecule has 1 unspecified atom stereocenters. The van der Waals surface area contributed by atoms with Crippen molar-refractivity contribution in [2.75, 3.05) is 38.6 Å². The van der Waals surface area contributed by atoms with Crippen molar-refractivity contribution in [2.24, 2.45) is 13.0 Å². The SMILES string of the molecule is Cc1cc(CCCCc2c(C=O)n([C@H](C)CN(C)c3cn(CC4CCN(C)C4)c4ccc(C=O)cc34)c3c(-c4c(C)nn(C)c4C)c(Cl)ccc23)cc(C)c1Cl. The van der Waals surface area contributed by atoms with Gasteiger partial charge in [0.1, 0.15) is 6.29 Å². The minimum absolute atomic E-state index is 0.123. The zero-order valence-corrected chi connectivity index (χ0v) is 35.6. The fraction of sp³-hybridized carbons (Fsp3) is 0.413. The Morgan fingerprint density at radius 2 is 1.66 bits per heavy atom. The van der Waals surface area contributed by atoms with Gasteiger partial charge in [-0.05, 0) is 133 Å². The van der Waals surface area contributed by atoms with E-state index >= 15 is 0 Å². The Morgan fingerprint density at radius 1 is 0.929 bits per heavy atom. The Labute approximate surface area is 341 Å². The van der Waals surface area contributed by atoms with Gasteiger partial charge in [-0.3, -0.25) is 14.3 Å². The fourth-order valence-electron chi connectivity index (χ4n) is 9.35. The number of anilines is 1. The summed E-state index contributed by atoms with van der Waals surface area (Å²) in [5, 5.41) is 8.35. The minimum Gasteiger partial charge on any atom is -0.371 e. The average Bonchev–Trinajstić information content (AvgIpc) is 3.90. The largest absolute Gasteiger partial charge is 0.371 e. The van der Waals surface area contributed by atoms with E-state index in [4.69, 9.17) is 28.3 Å². The topological polar surface area (TPSA) is 68.3 Å². The van der Waals surface area contributed by atoms with E-state index in [0.29, 0.717) is 28.7 Å². The quantitative estimate of drug-likeness (QED) is 0.0812. The van der Waals surface area contributed by atoms with E-state index in [9.17, 15) is 9.59 Å². The van der Waals surface area contributed by atoms with Crippen LogP contribution in [-0.4, -0.2) is 70.1 Å². The van der Waals surface area contributed by atoms with E-state index in [1.165, 1.54) is 12.0 Å². The zero-order valence-electron chi connectivity index (χ0n) is 34.0. The highest BCUT2D eigenvalue weighted by Gasteiger charge is 2.28. The molecule has 1 fully saturated rings. The van der Waals surface area contributed by atoms with Crippen LogP contribution in [0.2, 0.25) is 10.0 Å². The number of carbonyl (C=O) groups excluding carboxylic acids is 2. The first kappa shape index (κ1) is 39.8. The summed E-state index contributed by atoms with van der Waals surface area (Å²) in [5.41, 5.74) is 12.9. The Bertz CT molecular complexity index is 2430. The van der Waals surface area contributed by atoms with Crippen molar-refractivity contribution in [3.8, 4) is 11.1 Å². The van der Waals surface area contributed by atoms with Crippen molar-refractivity contribution in [1.29, 1.82) is 0 Å². The van der Waals surface area contributed by atoms with Crippen molar-refractivity contribution >= 4 is 63.3 Å². The molecule has 294 valence electrons. The number of aromatic nitrogens is 4. The second-order valence-corrected chi connectivity index (χ2v) is 17.1.